The smallest absolute Gasteiger partial charge is 0.226 e. The van der Waals surface area contributed by atoms with Crippen LogP contribution in [0.1, 0.15) is 27.0 Å². The Bertz CT molecular complexity index is 952. The largest absolute Gasteiger partial charge is 0.302 e. The molecule has 0 spiro atoms. The van der Waals surface area contributed by atoms with Crippen molar-refractivity contribution < 1.29 is 4.79 Å². The van der Waals surface area contributed by atoms with Gasteiger partial charge in [0, 0.05) is 21.6 Å². The number of aromatic nitrogens is 1. The standard InChI is InChI=1S/C19H16BrNOS2/c1-11-8-12(2)17(13(3)9-11)18(22)24-19(23)21-7-6-14-10-15(20)4-5-16(14)21/h4-10H,1-3H3. The summed E-state index contributed by atoms with van der Waals surface area (Å²) in [5, 5.41) is 1.08. The normalized spacial score (nSPS) is 11.0. The van der Waals surface area contributed by atoms with Crippen LogP contribution in [0.3, 0.4) is 0 Å². The summed E-state index contributed by atoms with van der Waals surface area (Å²) in [7, 11) is 0. The second-order valence-corrected chi connectivity index (χ2v) is 8.34. The molecule has 0 amide bonds. The highest BCUT2D eigenvalue weighted by Crippen LogP contribution is 2.26. The Kier molecular flexibility index (Phi) is 4.95. The van der Waals surface area contributed by atoms with Gasteiger partial charge in [0.25, 0.3) is 0 Å². The van der Waals surface area contributed by atoms with Crippen molar-refractivity contribution in [1.29, 1.82) is 0 Å². The van der Waals surface area contributed by atoms with E-state index in [-0.39, 0.29) is 5.12 Å². The number of hydrogen-bond donors (Lipinski definition) is 0. The lowest BCUT2D eigenvalue weighted by molar-refractivity contribution is 0.108. The van der Waals surface area contributed by atoms with Gasteiger partial charge < -0.3 is 4.57 Å². The molecule has 0 radical (unpaired) electrons. The molecule has 0 N–H and O–H groups in total. The second-order valence-electron chi connectivity index (χ2n) is 5.82. The molecular weight excluding hydrogens is 402 g/mol. The number of carbonyl (C=O) groups excluding carboxylic acids is 1. The lowest BCUT2D eigenvalue weighted by atomic mass is 10.0. The molecule has 0 aliphatic rings. The van der Waals surface area contributed by atoms with Gasteiger partial charge in [-0.1, -0.05) is 45.8 Å². The van der Waals surface area contributed by atoms with Gasteiger partial charge >= 0.3 is 0 Å². The van der Waals surface area contributed by atoms with Gasteiger partial charge in [0.1, 0.15) is 0 Å². The Morgan fingerprint density at radius 1 is 1.08 bits per heavy atom. The number of hydrogen-bond acceptors (Lipinski definition) is 3. The van der Waals surface area contributed by atoms with Gasteiger partial charge in [-0.15, -0.1) is 0 Å². The van der Waals surface area contributed by atoms with Gasteiger partial charge in [0.15, 0.2) is 4.32 Å². The minimum atomic E-state index is -0.00559. The van der Waals surface area contributed by atoms with Gasteiger partial charge in [-0.25, -0.2) is 0 Å². The first kappa shape index (κ1) is 17.4. The fraction of sp³-hybridized carbons (Fsp3) is 0.158. The third-order valence-electron chi connectivity index (χ3n) is 3.91. The Labute approximate surface area is 159 Å². The number of halogens is 1. The van der Waals surface area contributed by atoms with Gasteiger partial charge in [0.2, 0.25) is 5.12 Å². The first-order valence-electron chi connectivity index (χ1n) is 7.48. The number of thioether (sulfide) groups is 1. The number of benzene rings is 2. The molecule has 0 saturated heterocycles. The number of rotatable bonds is 1. The molecule has 0 atom stereocenters. The van der Waals surface area contributed by atoms with Crippen LogP contribution in [-0.2, 0) is 0 Å². The van der Waals surface area contributed by atoms with E-state index in [1.807, 2.05) is 67.9 Å². The van der Waals surface area contributed by atoms with Crippen LogP contribution in [-0.4, -0.2) is 14.0 Å². The fourth-order valence-corrected chi connectivity index (χ4v) is 4.56. The second kappa shape index (κ2) is 6.82. The van der Waals surface area contributed by atoms with Crippen LogP contribution in [0, 0.1) is 20.8 Å². The Hall–Kier alpha value is -1.43. The molecule has 5 heteroatoms. The third kappa shape index (κ3) is 3.34. The molecule has 0 aliphatic heterocycles. The molecule has 0 bridgehead atoms. The molecule has 3 aromatic rings. The molecule has 3 rings (SSSR count). The first-order valence-corrected chi connectivity index (χ1v) is 9.49. The highest BCUT2D eigenvalue weighted by atomic mass is 79.9. The number of aryl methyl sites for hydroxylation is 3. The molecule has 122 valence electrons. The zero-order valence-electron chi connectivity index (χ0n) is 13.6. The van der Waals surface area contributed by atoms with Crippen LogP contribution < -0.4 is 0 Å². The molecule has 0 aliphatic carbocycles. The maximum absolute atomic E-state index is 12.7. The summed E-state index contributed by atoms with van der Waals surface area (Å²) in [6, 6.07) is 12.1. The average Bonchev–Trinajstić information content (AvgIpc) is 2.88. The van der Waals surface area contributed by atoms with E-state index in [1.165, 1.54) is 0 Å². The third-order valence-corrected chi connectivity index (χ3v) is 5.61. The van der Waals surface area contributed by atoms with Crippen LogP contribution in [0.15, 0.2) is 47.1 Å². The molecule has 1 aromatic heterocycles. The number of carbonyl (C=O) groups is 1. The molecule has 24 heavy (non-hydrogen) atoms. The molecular formula is C19H16BrNOS2. The molecule has 0 saturated carbocycles. The van der Waals surface area contributed by atoms with Crippen molar-refractivity contribution in [3.05, 3.63) is 69.3 Å². The molecule has 2 nitrogen and oxygen atoms in total. The van der Waals surface area contributed by atoms with E-state index in [2.05, 4.69) is 15.9 Å². The van der Waals surface area contributed by atoms with Crippen molar-refractivity contribution >= 4 is 60.2 Å². The predicted octanol–water partition coefficient (Wildman–Crippen LogP) is 6.04. The summed E-state index contributed by atoms with van der Waals surface area (Å²) in [6.45, 7) is 5.98. The Morgan fingerprint density at radius 2 is 1.75 bits per heavy atom. The van der Waals surface area contributed by atoms with Crippen molar-refractivity contribution in [2.75, 3.05) is 0 Å². The van der Waals surface area contributed by atoms with Crippen LogP contribution >= 0.6 is 39.9 Å². The van der Waals surface area contributed by atoms with Crippen molar-refractivity contribution in [3.63, 3.8) is 0 Å². The summed E-state index contributed by atoms with van der Waals surface area (Å²) in [6.07, 6.45) is 1.91. The van der Waals surface area contributed by atoms with Crippen LogP contribution in [0.2, 0.25) is 0 Å². The average molecular weight is 418 g/mol. The summed E-state index contributed by atoms with van der Waals surface area (Å²) in [4.78, 5) is 12.7. The van der Waals surface area contributed by atoms with Crippen molar-refractivity contribution in [2.45, 2.75) is 20.8 Å². The zero-order chi connectivity index (χ0) is 17.4. The van der Waals surface area contributed by atoms with Gasteiger partial charge in [-0.3, -0.25) is 4.79 Å². The van der Waals surface area contributed by atoms with Gasteiger partial charge in [-0.05, 0) is 67.9 Å². The van der Waals surface area contributed by atoms with E-state index in [1.54, 1.807) is 0 Å². The lowest BCUT2D eigenvalue weighted by Crippen LogP contribution is -2.09. The number of fused-ring (bicyclic) bond motifs is 1. The monoisotopic (exact) mass is 417 g/mol. The molecule has 0 fully saturated rings. The Morgan fingerprint density at radius 3 is 2.42 bits per heavy atom. The summed E-state index contributed by atoms with van der Waals surface area (Å²) >= 11 is 10.1. The summed E-state index contributed by atoms with van der Waals surface area (Å²) in [5.41, 5.74) is 4.91. The SMILES string of the molecule is Cc1cc(C)c(C(=O)SC(=S)n2ccc3cc(Br)ccc32)c(C)c1. The van der Waals surface area contributed by atoms with E-state index >= 15 is 0 Å². The van der Waals surface area contributed by atoms with E-state index in [0.29, 0.717) is 4.32 Å². The maximum Gasteiger partial charge on any atom is 0.226 e. The minimum Gasteiger partial charge on any atom is -0.302 e. The predicted molar refractivity (Wildman–Crippen MR) is 110 cm³/mol. The van der Waals surface area contributed by atoms with E-state index in [9.17, 15) is 4.79 Å². The summed E-state index contributed by atoms with van der Waals surface area (Å²) < 4.78 is 3.45. The summed E-state index contributed by atoms with van der Waals surface area (Å²) in [5.74, 6) is 0. The minimum absolute atomic E-state index is 0.00559. The van der Waals surface area contributed by atoms with Crippen molar-refractivity contribution in [2.24, 2.45) is 0 Å². The zero-order valence-corrected chi connectivity index (χ0v) is 16.8. The molecule has 1 heterocycles. The van der Waals surface area contributed by atoms with Crippen LogP contribution in [0.25, 0.3) is 10.9 Å². The fourth-order valence-electron chi connectivity index (χ4n) is 2.95. The Balaban J connectivity index is 1.90. The lowest BCUT2D eigenvalue weighted by Gasteiger charge is -2.11. The van der Waals surface area contributed by atoms with E-state index in [0.717, 1.165) is 49.4 Å². The number of thiocarbonyl (C=S) groups is 1. The maximum atomic E-state index is 12.7. The van der Waals surface area contributed by atoms with E-state index in [4.69, 9.17) is 12.2 Å². The van der Waals surface area contributed by atoms with Crippen molar-refractivity contribution in [1.82, 2.24) is 4.57 Å². The van der Waals surface area contributed by atoms with Gasteiger partial charge in [0.05, 0.1) is 5.52 Å². The van der Waals surface area contributed by atoms with Crippen LogP contribution in [0.4, 0.5) is 0 Å². The van der Waals surface area contributed by atoms with Crippen molar-refractivity contribution in [3.8, 4) is 0 Å². The number of nitrogens with zero attached hydrogens (tertiary/aromatic N) is 1. The highest BCUT2D eigenvalue weighted by Gasteiger charge is 2.17. The molecule has 0 unspecified atom stereocenters. The van der Waals surface area contributed by atoms with Gasteiger partial charge in [-0.2, -0.15) is 0 Å². The topological polar surface area (TPSA) is 22.0 Å². The van der Waals surface area contributed by atoms with E-state index < -0.39 is 0 Å². The highest BCUT2D eigenvalue weighted by molar-refractivity contribution is 9.10. The first-order chi connectivity index (χ1) is 11.4. The molecule has 2 aromatic carbocycles. The van der Waals surface area contributed by atoms with Crippen LogP contribution in [0.5, 0.6) is 0 Å². The quantitative estimate of drug-likeness (QED) is 0.450.